The van der Waals surface area contributed by atoms with Crippen LogP contribution in [0.4, 0.5) is 5.69 Å². The number of aryl methyl sites for hydroxylation is 2. The lowest BCUT2D eigenvalue weighted by Gasteiger charge is -2.36. The van der Waals surface area contributed by atoms with Crippen molar-refractivity contribution in [2.45, 2.75) is 78.7 Å². The number of hydrogen-bond acceptors (Lipinski definition) is 4. The van der Waals surface area contributed by atoms with Crippen LogP contribution in [0.3, 0.4) is 0 Å². The fraction of sp³-hybridized carbons (Fsp3) is 0.630. The van der Waals surface area contributed by atoms with Gasteiger partial charge in [-0.1, -0.05) is 31.5 Å². The van der Waals surface area contributed by atoms with Crippen LogP contribution in [-0.4, -0.2) is 23.0 Å². The summed E-state index contributed by atoms with van der Waals surface area (Å²) in [6.07, 6.45) is 6.15. The van der Waals surface area contributed by atoms with Crippen LogP contribution < -0.4 is 10.8 Å². The number of benzene rings is 1. The molecule has 0 radical (unpaired) electrons. The Morgan fingerprint density at radius 3 is 2.48 bits per heavy atom. The third-order valence-corrected chi connectivity index (χ3v) is 7.35. The monoisotopic (exact) mass is 454 g/mol. The quantitative estimate of drug-likeness (QED) is 0.443. The number of hydroxylamine groups is 1. The van der Waals surface area contributed by atoms with Gasteiger partial charge in [0.05, 0.1) is 18.4 Å². The molecule has 2 fully saturated rings. The maximum Gasteiger partial charge on any atom is 0.304 e. The topological polar surface area (TPSA) is 87.7 Å². The highest BCUT2D eigenvalue weighted by molar-refractivity contribution is 5.95. The molecule has 0 aromatic heterocycles. The normalized spacial score (nSPS) is 25.5. The first-order chi connectivity index (χ1) is 15.7. The van der Waals surface area contributed by atoms with Crippen molar-refractivity contribution in [3.63, 3.8) is 0 Å². The van der Waals surface area contributed by atoms with Gasteiger partial charge in [-0.3, -0.25) is 9.59 Å². The summed E-state index contributed by atoms with van der Waals surface area (Å²) in [5.41, 5.74) is 7.31. The number of anilines is 1. The second-order valence-corrected chi connectivity index (χ2v) is 10.9. The average Bonchev–Trinajstić information content (AvgIpc) is 3.46. The van der Waals surface area contributed by atoms with E-state index in [1.165, 1.54) is 24.8 Å². The Hall–Kier alpha value is -2.34. The average molecular weight is 455 g/mol. The number of carbonyl (C=O) groups is 2. The van der Waals surface area contributed by atoms with Gasteiger partial charge in [0.2, 0.25) is 5.91 Å². The maximum absolute atomic E-state index is 13.1. The molecule has 4 rings (SSSR count). The highest BCUT2D eigenvalue weighted by Gasteiger charge is 2.45. The number of nitrogens with one attached hydrogen (secondary N) is 2. The van der Waals surface area contributed by atoms with Crippen LogP contribution in [0.5, 0.6) is 0 Å². The van der Waals surface area contributed by atoms with Crippen molar-refractivity contribution in [1.82, 2.24) is 5.48 Å². The molecule has 2 aliphatic carbocycles. The molecule has 0 bridgehead atoms. The fourth-order valence-corrected chi connectivity index (χ4v) is 5.58. The van der Waals surface area contributed by atoms with Crippen LogP contribution in [0.25, 0.3) is 0 Å². The molecule has 2 saturated carbocycles. The first-order valence-corrected chi connectivity index (χ1v) is 12.5. The first-order valence-electron chi connectivity index (χ1n) is 12.5. The molecule has 3 aliphatic rings. The first kappa shape index (κ1) is 23.8. The molecule has 2 atom stereocenters. The number of hydrogen-bond donors (Lipinski definition) is 3. The van der Waals surface area contributed by atoms with E-state index in [4.69, 9.17) is 4.84 Å². The van der Waals surface area contributed by atoms with Gasteiger partial charge in [0.15, 0.2) is 0 Å². The number of allylic oxidation sites excluding steroid dienone is 1. The van der Waals surface area contributed by atoms with Crippen molar-refractivity contribution in [3.8, 4) is 0 Å². The van der Waals surface area contributed by atoms with Crippen molar-refractivity contribution in [3.05, 3.63) is 40.7 Å². The number of carbonyl (C=O) groups excluding carboxylic acids is 1. The summed E-state index contributed by atoms with van der Waals surface area (Å²) in [5, 5.41) is 12.5. The summed E-state index contributed by atoms with van der Waals surface area (Å²) in [5.74, 6) is 1.72. The Kier molecular flexibility index (Phi) is 7.13. The zero-order valence-electron chi connectivity index (χ0n) is 20.3. The van der Waals surface area contributed by atoms with Gasteiger partial charge in [-0.2, -0.15) is 0 Å². The van der Waals surface area contributed by atoms with E-state index in [2.05, 4.69) is 24.6 Å². The third kappa shape index (κ3) is 5.78. The molecule has 3 N–H and O–H groups in total. The van der Waals surface area contributed by atoms with E-state index in [1.807, 2.05) is 32.0 Å². The van der Waals surface area contributed by atoms with Crippen LogP contribution in [0.1, 0.15) is 69.9 Å². The SMILES string of the molecule is Cc1ccc(NC(=O)[C@@H](CC(=O)O)CC2NOC(C3CC(CC(C)C)C3)=C2C2CC2)c(C)c1. The smallest absolute Gasteiger partial charge is 0.304 e. The summed E-state index contributed by atoms with van der Waals surface area (Å²) in [4.78, 5) is 30.7. The molecule has 6 nitrogen and oxygen atoms in total. The summed E-state index contributed by atoms with van der Waals surface area (Å²) in [7, 11) is 0. The summed E-state index contributed by atoms with van der Waals surface area (Å²) < 4.78 is 0. The second-order valence-electron chi connectivity index (χ2n) is 10.9. The summed E-state index contributed by atoms with van der Waals surface area (Å²) in [6.45, 7) is 8.51. The van der Waals surface area contributed by atoms with E-state index in [-0.39, 0.29) is 18.4 Å². The number of rotatable bonds is 10. The Morgan fingerprint density at radius 1 is 1.15 bits per heavy atom. The molecule has 1 aromatic carbocycles. The maximum atomic E-state index is 13.1. The van der Waals surface area contributed by atoms with Gasteiger partial charge in [-0.25, -0.2) is 0 Å². The van der Waals surface area contributed by atoms with E-state index >= 15 is 0 Å². The van der Waals surface area contributed by atoms with Gasteiger partial charge in [0, 0.05) is 11.6 Å². The van der Waals surface area contributed by atoms with Crippen molar-refractivity contribution < 1.29 is 19.5 Å². The van der Waals surface area contributed by atoms with Crippen molar-refractivity contribution in [2.24, 2.45) is 29.6 Å². The summed E-state index contributed by atoms with van der Waals surface area (Å²) in [6, 6.07) is 5.76. The fourth-order valence-electron chi connectivity index (χ4n) is 5.58. The molecular formula is C27H38N2O4. The summed E-state index contributed by atoms with van der Waals surface area (Å²) >= 11 is 0. The molecule has 1 amide bonds. The van der Waals surface area contributed by atoms with Crippen molar-refractivity contribution in [2.75, 3.05) is 5.32 Å². The Morgan fingerprint density at radius 2 is 1.88 bits per heavy atom. The molecule has 1 aromatic rings. The van der Waals surface area contributed by atoms with E-state index < -0.39 is 11.9 Å². The molecule has 1 heterocycles. The largest absolute Gasteiger partial charge is 0.481 e. The number of carboxylic acid groups (broad SMARTS) is 1. The molecule has 1 aliphatic heterocycles. The van der Waals surface area contributed by atoms with Crippen molar-refractivity contribution in [1.29, 1.82) is 0 Å². The minimum Gasteiger partial charge on any atom is -0.481 e. The van der Waals surface area contributed by atoms with Crippen LogP contribution in [0.15, 0.2) is 29.5 Å². The number of aliphatic carboxylic acids is 1. The molecule has 6 heteroatoms. The van der Waals surface area contributed by atoms with Gasteiger partial charge < -0.3 is 15.3 Å². The second kappa shape index (κ2) is 9.88. The van der Waals surface area contributed by atoms with E-state index in [0.717, 1.165) is 47.3 Å². The minimum atomic E-state index is -0.956. The minimum absolute atomic E-state index is 0.0918. The van der Waals surface area contributed by atoms with Gasteiger partial charge in [-0.05, 0) is 87.3 Å². The highest BCUT2D eigenvalue weighted by Crippen LogP contribution is 2.50. The van der Waals surface area contributed by atoms with E-state index in [9.17, 15) is 14.7 Å². The van der Waals surface area contributed by atoms with Gasteiger partial charge in [0.1, 0.15) is 5.76 Å². The lowest BCUT2D eigenvalue weighted by atomic mass is 9.69. The predicted octanol–water partition coefficient (Wildman–Crippen LogP) is 5.36. The van der Waals surface area contributed by atoms with E-state index in [0.29, 0.717) is 18.3 Å². The molecular weight excluding hydrogens is 416 g/mol. The molecule has 33 heavy (non-hydrogen) atoms. The molecule has 0 saturated heterocycles. The highest BCUT2D eigenvalue weighted by atomic mass is 16.7. The van der Waals surface area contributed by atoms with Crippen LogP contribution in [0, 0.1) is 43.4 Å². The Balaban J connectivity index is 1.46. The molecule has 1 unspecified atom stereocenters. The number of amides is 1. The third-order valence-electron chi connectivity index (χ3n) is 7.35. The zero-order chi connectivity index (χ0) is 23.7. The van der Waals surface area contributed by atoms with E-state index in [1.54, 1.807) is 0 Å². The van der Waals surface area contributed by atoms with Crippen LogP contribution >= 0.6 is 0 Å². The zero-order valence-corrected chi connectivity index (χ0v) is 20.3. The Bertz CT molecular complexity index is 928. The van der Waals surface area contributed by atoms with Crippen LogP contribution in [0.2, 0.25) is 0 Å². The Labute approximate surface area is 197 Å². The standard InChI is InChI=1S/C27H38N2O4/c1-15(2)9-18-11-20(12-18)26-25(19-6-7-19)23(29-33-26)13-21(14-24(30)31)27(32)28-22-8-5-16(3)10-17(22)4/h5,8,10,15,18-21,23,29H,6-7,9,11-14H2,1-4H3,(H,28,32)(H,30,31)/t18?,20?,21-,23?/m1/s1. The predicted molar refractivity (Wildman–Crippen MR) is 128 cm³/mol. The number of carboxylic acids is 1. The molecule has 180 valence electrons. The lowest BCUT2D eigenvalue weighted by Crippen LogP contribution is -2.34. The van der Waals surface area contributed by atoms with Gasteiger partial charge in [0.25, 0.3) is 0 Å². The van der Waals surface area contributed by atoms with Gasteiger partial charge in [-0.15, -0.1) is 5.48 Å². The van der Waals surface area contributed by atoms with Gasteiger partial charge >= 0.3 is 5.97 Å². The van der Waals surface area contributed by atoms with Crippen molar-refractivity contribution >= 4 is 17.6 Å². The van der Waals surface area contributed by atoms with Crippen LogP contribution in [-0.2, 0) is 14.4 Å². The molecule has 0 spiro atoms. The lowest BCUT2D eigenvalue weighted by molar-refractivity contribution is -0.140.